The van der Waals surface area contributed by atoms with Gasteiger partial charge >= 0.3 is 11.9 Å². The molecule has 74 heavy (non-hydrogen) atoms. The molecule has 2 atom stereocenters. The standard InChI is InChI=1S/C56H62Cl2N6O10/c1-35-41(33-73-53-21-51(71-31-39-17-37(23-59-3)25-61-27-39)43(19-47(53)57)29-63-49(55(65)66)13-15-69-5)9-7-11-45(35)46-12-8-10-42(36(46)2)34-74-54-22-52(72-32-40-18-38(24-60-4)26-62-28-40)44(20-48(54)58)30-64-50(56(67)68)14-16-70-6/h7-12,17-28,49-50,63-64H,13-16,29-34H2,1-6H3,(H,65,66)(H,67,68)/b59-23+,60-24+/t49-,50?/m1/s1. The lowest BCUT2D eigenvalue weighted by Crippen LogP contribution is -2.37. The van der Waals surface area contributed by atoms with Crippen molar-refractivity contribution in [1.82, 2.24) is 20.6 Å². The lowest BCUT2D eigenvalue weighted by molar-refractivity contribution is -0.141. The van der Waals surface area contributed by atoms with Crippen LogP contribution >= 0.6 is 23.2 Å². The second-order valence-corrected chi connectivity index (χ2v) is 18.1. The molecular formula is C56H62Cl2N6O10. The van der Waals surface area contributed by atoms with Gasteiger partial charge in [-0.15, -0.1) is 0 Å². The third-order valence-corrected chi connectivity index (χ3v) is 12.6. The Balaban J connectivity index is 1.21. The second kappa shape index (κ2) is 28.5. The summed E-state index contributed by atoms with van der Waals surface area (Å²) in [5.41, 5.74) is 10.4. The Kier molecular flexibility index (Phi) is 21.7. The smallest absolute Gasteiger partial charge is 0.320 e. The van der Waals surface area contributed by atoms with Crippen molar-refractivity contribution < 1.29 is 48.2 Å². The van der Waals surface area contributed by atoms with Crippen molar-refractivity contribution in [2.75, 3.05) is 41.5 Å². The van der Waals surface area contributed by atoms with Crippen molar-refractivity contribution in [3.05, 3.63) is 163 Å². The van der Waals surface area contributed by atoms with Crippen molar-refractivity contribution in [2.45, 2.75) is 78.3 Å². The van der Waals surface area contributed by atoms with E-state index in [4.69, 9.17) is 51.6 Å². The number of aromatic nitrogens is 2. The Morgan fingerprint density at radius 2 is 0.986 bits per heavy atom. The first kappa shape index (κ1) is 56.4. The number of nitrogens with zero attached hydrogens (tertiary/aromatic N) is 4. The van der Waals surface area contributed by atoms with E-state index in [2.05, 4.69) is 42.7 Å². The number of pyridine rings is 2. The summed E-state index contributed by atoms with van der Waals surface area (Å²) in [4.78, 5) is 40.9. The molecule has 0 aliphatic carbocycles. The summed E-state index contributed by atoms with van der Waals surface area (Å²) in [6.45, 7) is 5.67. The molecule has 6 rings (SSSR count). The van der Waals surface area contributed by atoms with Crippen molar-refractivity contribution in [2.24, 2.45) is 9.98 Å². The highest BCUT2D eigenvalue weighted by Gasteiger charge is 2.22. The Morgan fingerprint density at radius 3 is 1.36 bits per heavy atom. The molecule has 0 saturated carbocycles. The number of nitrogens with one attached hydrogen (secondary N) is 2. The molecule has 16 nitrogen and oxygen atoms in total. The summed E-state index contributed by atoms with van der Waals surface area (Å²) < 4.78 is 35.8. The van der Waals surface area contributed by atoms with E-state index in [1.54, 1.807) is 75.6 Å². The summed E-state index contributed by atoms with van der Waals surface area (Å²) in [5.74, 6) is -0.286. The first-order valence-electron chi connectivity index (χ1n) is 23.8. The number of aliphatic imine (C=N–C) groups is 2. The molecule has 2 aromatic heterocycles. The van der Waals surface area contributed by atoms with Crippen LogP contribution in [0.2, 0.25) is 10.0 Å². The number of aliphatic carboxylic acids is 2. The van der Waals surface area contributed by atoms with Crippen molar-refractivity contribution >= 4 is 47.6 Å². The molecule has 4 N–H and O–H groups in total. The van der Waals surface area contributed by atoms with Gasteiger partial charge in [0, 0.05) is 137 Å². The highest BCUT2D eigenvalue weighted by Crippen LogP contribution is 2.37. The fourth-order valence-corrected chi connectivity index (χ4v) is 8.47. The number of methoxy groups -OCH3 is 2. The van der Waals surface area contributed by atoms with Crippen LogP contribution in [0.5, 0.6) is 23.0 Å². The highest BCUT2D eigenvalue weighted by atomic mass is 35.5. The monoisotopic (exact) mass is 1050 g/mol. The van der Waals surface area contributed by atoms with Gasteiger partial charge in [-0.1, -0.05) is 59.6 Å². The minimum Gasteiger partial charge on any atom is -0.488 e. The maximum Gasteiger partial charge on any atom is 0.320 e. The molecule has 0 spiro atoms. The molecule has 0 saturated heterocycles. The first-order chi connectivity index (χ1) is 35.8. The van der Waals surface area contributed by atoms with Gasteiger partial charge in [0.05, 0.1) is 10.0 Å². The predicted molar refractivity (Wildman–Crippen MR) is 287 cm³/mol. The summed E-state index contributed by atoms with van der Waals surface area (Å²) in [5, 5.41) is 26.5. The molecule has 2 heterocycles. The van der Waals surface area contributed by atoms with E-state index in [0.29, 0.717) is 44.2 Å². The van der Waals surface area contributed by atoms with Crippen LogP contribution in [0.15, 0.2) is 108 Å². The van der Waals surface area contributed by atoms with Crippen LogP contribution in [0, 0.1) is 13.8 Å². The van der Waals surface area contributed by atoms with E-state index in [1.165, 1.54) is 14.2 Å². The number of hydrogen-bond acceptors (Lipinski definition) is 14. The van der Waals surface area contributed by atoms with E-state index in [0.717, 1.165) is 55.6 Å². The van der Waals surface area contributed by atoms with Crippen LogP contribution in [0.1, 0.15) is 68.5 Å². The van der Waals surface area contributed by atoms with E-state index in [9.17, 15) is 19.8 Å². The molecule has 0 aliphatic heterocycles. The predicted octanol–water partition coefficient (Wildman–Crippen LogP) is 9.64. The van der Waals surface area contributed by atoms with Crippen LogP contribution < -0.4 is 29.6 Å². The minimum absolute atomic E-state index is 0.157. The van der Waals surface area contributed by atoms with Crippen LogP contribution in [0.3, 0.4) is 0 Å². The Labute approximate surface area is 441 Å². The quantitative estimate of drug-likeness (QED) is 0.0323. The zero-order valence-corrected chi connectivity index (χ0v) is 43.8. The highest BCUT2D eigenvalue weighted by molar-refractivity contribution is 6.32. The Morgan fingerprint density at radius 1 is 0.581 bits per heavy atom. The number of carboxylic acid groups (broad SMARTS) is 2. The van der Waals surface area contributed by atoms with E-state index in [1.807, 2.05) is 50.2 Å². The fourth-order valence-electron chi connectivity index (χ4n) is 7.99. The second-order valence-electron chi connectivity index (χ2n) is 17.2. The van der Waals surface area contributed by atoms with Gasteiger partial charge in [0.1, 0.15) is 61.5 Å². The van der Waals surface area contributed by atoms with Gasteiger partial charge < -0.3 is 49.3 Å². The van der Waals surface area contributed by atoms with Gasteiger partial charge in [-0.3, -0.25) is 29.5 Å². The van der Waals surface area contributed by atoms with Gasteiger partial charge in [0.2, 0.25) is 0 Å². The molecule has 4 aromatic carbocycles. The van der Waals surface area contributed by atoms with Gasteiger partial charge in [-0.2, -0.15) is 0 Å². The minimum atomic E-state index is -0.995. The molecular weight excluding hydrogens is 988 g/mol. The Bertz CT molecular complexity index is 2720. The SMILES string of the molecule is C/N=C/c1cncc(COc2cc(OCc3cccc(-c4cccc(COc5cc(OCc6cncc(/C=N/C)c6)c(CN[C@H](CCOC)C(=O)O)cc5Cl)c4C)c3C)c(Cl)cc2CNC(CCOC)C(=O)O)c1. The number of hydrogen-bond donors (Lipinski definition) is 4. The third kappa shape index (κ3) is 16.0. The summed E-state index contributed by atoms with van der Waals surface area (Å²) >= 11 is 13.8. The summed E-state index contributed by atoms with van der Waals surface area (Å²) in [6, 6.07) is 21.2. The normalized spacial score (nSPS) is 12.3. The molecule has 1 unspecified atom stereocenters. The number of rotatable bonds is 29. The number of carboxylic acids is 2. The molecule has 0 aliphatic rings. The number of halogens is 2. The van der Waals surface area contributed by atoms with Gasteiger partial charge in [-0.25, -0.2) is 0 Å². The largest absolute Gasteiger partial charge is 0.488 e. The van der Waals surface area contributed by atoms with Crippen molar-refractivity contribution in [3.63, 3.8) is 0 Å². The fraction of sp³-hybridized carbons (Fsp3) is 0.321. The van der Waals surface area contributed by atoms with Crippen molar-refractivity contribution in [1.29, 1.82) is 0 Å². The van der Waals surface area contributed by atoms with E-state index >= 15 is 0 Å². The maximum atomic E-state index is 12.0. The lowest BCUT2D eigenvalue weighted by atomic mass is 9.92. The molecule has 18 heteroatoms. The topological polar surface area (TPSA) is 205 Å². The van der Waals surface area contributed by atoms with E-state index < -0.39 is 24.0 Å². The van der Waals surface area contributed by atoms with Crippen LogP contribution in [0.25, 0.3) is 11.1 Å². The van der Waals surface area contributed by atoms with E-state index in [-0.39, 0.29) is 65.6 Å². The van der Waals surface area contributed by atoms with Crippen LogP contribution in [-0.2, 0) is 58.6 Å². The van der Waals surface area contributed by atoms with Crippen LogP contribution in [-0.4, -0.2) is 98.2 Å². The molecule has 0 amide bonds. The maximum absolute atomic E-state index is 12.0. The Hall–Kier alpha value is -6.92. The molecule has 0 bridgehead atoms. The van der Waals surface area contributed by atoms with Gasteiger partial charge in [-0.05, 0) is 84.3 Å². The molecule has 0 fully saturated rings. The lowest BCUT2D eigenvalue weighted by Gasteiger charge is -2.20. The third-order valence-electron chi connectivity index (χ3n) is 12.1. The van der Waals surface area contributed by atoms with Crippen molar-refractivity contribution in [3.8, 4) is 34.1 Å². The molecule has 0 radical (unpaired) electrons. The zero-order valence-electron chi connectivity index (χ0n) is 42.3. The summed E-state index contributed by atoms with van der Waals surface area (Å²) in [7, 11) is 6.43. The molecule has 6 aromatic rings. The number of ether oxygens (including phenoxy) is 6. The first-order valence-corrected chi connectivity index (χ1v) is 24.5. The summed E-state index contributed by atoms with van der Waals surface area (Å²) in [6.07, 6.45) is 10.8. The molecule has 390 valence electrons. The number of carbonyl (C=O) groups is 2. The average molecular weight is 1050 g/mol. The van der Waals surface area contributed by atoms with Gasteiger partial charge in [0.15, 0.2) is 0 Å². The number of benzene rings is 4. The average Bonchev–Trinajstić information content (AvgIpc) is 3.38. The van der Waals surface area contributed by atoms with Crippen LogP contribution in [0.4, 0.5) is 0 Å². The zero-order chi connectivity index (χ0) is 53.0. The van der Waals surface area contributed by atoms with Gasteiger partial charge in [0.25, 0.3) is 0 Å².